The van der Waals surface area contributed by atoms with Crippen LogP contribution in [0.2, 0.25) is 0 Å². The molecule has 1 aromatic rings. The van der Waals surface area contributed by atoms with Gasteiger partial charge >= 0.3 is 0 Å². The molecule has 0 aliphatic heterocycles. The summed E-state index contributed by atoms with van der Waals surface area (Å²) in [5.41, 5.74) is 2.58. The van der Waals surface area contributed by atoms with Gasteiger partial charge in [-0.15, -0.1) is 0 Å². The summed E-state index contributed by atoms with van der Waals surface area (Å²) in [6, 6.07) is 10.2. The van der Waals surface area contributed by atoms with E-state index in [2.05, 4.69) is 29.7 Å². The molecule has 0 aromatic heterocycles. The van der Waals surface area contributed by atoms with E-state index >= 15 is 0 Å². The van der Waals surface area contributed by atoms with Crippen molar-refractivity contribution in [2.24, 2.45) is 0 Å². The van der Waals surface area contributed by atoms with Crippen LogP contribution in [-0.2, 0) is 11.2 Å². The SMILES string of the molecule is Cc1ccccc1CCNCC(=O)NCCC#N. The van der Waals surface area contributed by atoms with Crippen LogP contribution in [0.15, 0.2) is 24.3 Å². The molecule has 0 aliphatic carbocycles. The second-order valence-electron chi connectivity index (χ2n) is 4.11. The molecule has 18 heavy (non-hydrogen) atoms. The van der Waals surface area contributed by atoms with Crippen molar-refractivity contribution < 1.29 is 4.79 Å². The van der Waals surface area contributed by atoms with E-state index in [4.69, 9.17) is 5.26 Å². The molecule has 4 heteroatoms. The lowest BCUT2D eigenvalue weighted by molar-refractivity contribution is -0.120. The summed E-state index contributed by atoms with van der Waals surface area (Å²) in [7, 11) is 0. The lowest BCUT2D eigenvalue weighted by Crippen LogP contribution is -2.35. The first-order valence-corrected chi connectivity index (χ1v) is 6.13. The first-order valence-electron chi connectivity index (χ1n) is 6.13. The number of hydrogen-bond acceptors (Lipinski definition) is 3. The van der Waals surface area contributed by atoms with Gasteiger partial charge in [0, 0.05) is 6.54 Å². The summed E-state index contributed by atoms with van der Waals surface area (Å²) < 4.78 is 0. The smallest absolute Gasteiger partial charge is 0.233 e. The zero-order valence-corrected chi connectivity index (χ0v) is 10.7. The number of nitriles is 1. The molecule has 96 valence electrons. The third-order valence-corrected chi connectivity index (χ3v) is 2.68. The lowest BCUT2D eigenvalue weighted by Gasteiger charge is -2.07. The fraction of sp³-hybridized carbons (Fsp3) is 0.429. The molecule has 4 nitrogen and oxygen atoms in total. The third-order valence-electron chi connectivity index (χ3n) is 2.68. The lowest BCUT2D eigenvalue weighted by atomic mass is 10.1. The van der Waals surface area contributed by atoms with Crippen LogP contribution in [0.3, 0.4) is 0 Å². The number of rotatable bonds is 7. The summed E-state index contributed by atoms with van der Waals surface area (Å²) in [5, 5.41) is 14.1. The standard InChI is InChI=1S/C14H19N3O/c1-12-5-2-3-6-13(12)7-10-16-11-14(18)17-9-4-8-15/h2-3,5-6,16H,4,7,9-11H2,1H3,(H,17,18). The minimum absolute atomic E-state index is 0.0602. The Balaban J connectivity index is 2.14. The number of hydrogen-bond donors (Lipinski definition) is 2. The first-order chi connectivity index (χ1) is 8.74. The highest BCUT2D eigenvalue weighted by Gasteiger charge is 2.00. The van der Waals surface area contributed by atoms with Crippen molar-refractivity contribution in [3.8, 4) is 6.07 Å². The summed E-state index contributed by atoms with van der Waals surface area (Å²) in [6.45, 7) is 3.59. The topological polar surface area (TPSA) is 64.9 Å². The molecule has 2 N–H and O–H groups in total. The second kappa shape index (κ2) is 8.26. The van der Waals surface area contributed by atoms with E-state index in [9.17, 15) is 4.79 Å². The average molecular weight is 245 g/mol. The van der Waals surface area contributed by atoms with E-state index in [-0.39, 0.29) is 5.91 Å². The molecule has 0 saturated carbocycles. The Hall–Kier alpha value is -1.86. The maximum Gasteiger partial charge on any atom is 0.233 e. The molecule has 0 radical (unpaired) electrons. The van der Waals surface area contributed by atoms with E-state index in [0.717, 1.165) is 13.0 Å². The monoisotopic (exact) mass is 245 g/mol. The minimum Gasteiger partial charge on any atom is -0.354 e. The molecule has 1 amide bonds. The molecule has 0 bridgehead atoms. The zero-order valence-electron chi connectivity index (χ0n) is 10.7. The van der Waals surface area contributed by atoms with Crippen molar-refractivity contribution in [1.29, 1.82) is 5.26 Å². The Morgan fingerprint density at radius 2 is 2.11 bits per heavy atom. The molecule has 0 spiro atoms. The number of carbonyl (C=O) groups is 1. The van der Waals surface area contributed by atoms with Crippen LogP contribution in [0.25, 0.3) is 0 Å². The Morgan fingerprint density at radius 1 is 1.33 bits per heavy atom. The van der Waals surface area contributed by atoms with Gasteiger partial charge in [0.05, 0.1) is 19.0 Å². The van der Waals surface area contributed by atoms with E-state index < -0.39 is 0 Å². The molecular formula is C14H19N3O. The van der Waals surface area contributed by atoms with E-state index in [0.29, 0.717) is 19.5 Å². The van der Waals surface area contributed by atoms with Gasteiger partial charge in [0.15, 0.2) is 0 Å². The van der Waals surface area contributed by atoms with Crippen molar-refractivity contribution in [3.05, 3.63) is 35.4 Å². The van der Waals surface area contributed by atoms with Crippen LogP contribution in [0.4, 0.5) is 0 Å². The van der Waals surface area contributed by atoms with E-state index in [1.54, 1.807) is 0 Å². The normalized spacial score (nSPS) is 9.78. The van der Waals surface area contributed by atoms with Gasteiger partial charge in [-0.25, -0.2) is 0 Å². The van der Waals surface area contributed by atoms with Crippen LogP contribution in [0.5, 0.6) is 0 Å². The molecular weight excluding hydrogens is 226 g/mol. The highest BCUT2D eigenvalue weighted by atomic mass is 16.1. The molecule has 0 atom stereocenters. The maximum absolute atomic E-state index is 11.3. The van der Waals surface area contributed by atoms with Gasteiger partial charge in [-0.1, -0.05) is 24.3 Å². The Bertz CT molecular complexity index is 423. The highest BCUT2D eigenvalue weighted by molar-refractivity contribution is 5.77. The van der Waals surface area contributed by atoms with Gasteiger partial charge in [0.25, 0.3) is 0 Å². The number of aryl methyl sites for hydroxylation is 1. The molecule has 1 aromatic carbocycles. The van der Waals surface area contributed by atoms with Gasteiger partial charge in [-0.2, -0.15) is 5.26 Å². The Labute approximate surface area is 108 Å². The van der Waals surface area contributed by atoms with Gasteiger partial charge in [-0.3, -0.25) is 4.79 Å². The average Bonchev–Trinajstić information content (AvgIpc) is 2.37. The van der Waals surface area contributed by atoms with Crippen molar-refractivity contribution in [2.75, 3.05) is 19.6 Å². The summed E-state index contributed by atoms with van der Waals surface area (Å²) in [5.74, 6) is -0.0602. The van der Waals surface area contributed by atoms with Crippen LogP contribution in [0, 0.1) is 18.3 Å². The first kappa shape index (κ1) is 14.2. The molecule has 1 rings (SSSR count). The van der Waals surface area contributed by atoms with Crippen LogP contribution < -0.4 is 10.6 Å². The quantitative estimate of drug-likeness (QED) is 0.708. The highest BCUT2D eigenvalue weighted by Crippen LogP contribution is 2.06. The van der Waals surface area contributed by atoms with Gasteiger partial charge in [-0.05, 0) is 31.0 Å². The molecule has 0 unspecified atom stereocenters. The number of nitrogens with zero attached hydrogens (tertiary/aromatic N) is 1. The number of benzene rings is 1. The Kier molecular flexibility index (Phi) is 6.52. The third kappa shape index (κ3) is 5.46. The van der Waals surface area contributed by atoms with Crippen LogP contribution in [-0.4, -0.2) is 25.5 Å². The number of carbonyl (C=O) groups excluding carboxylic acids is 1. The number of nitrogens with one attached hydrogen (secondary N) is 2. The van der Waals surface area contributed by atoms with Crippen molar-refractivity contribution >= 4 is 5.91 Å². The Morgan fingerprint density at radius 3 is 2.83 bits per heavy atom. The molecule has 0 fully saturated rings. The summed E-state index contributed by atoms with van der Waals surface area (Å²) in [6.07, 6.45) is 1.27. The van der Waals surface area contributed by atoms with Gasteiger partial charge < -0.3 is 10.6 Å². The van der Waals surface area contributed by atoms with Crippen molar-refractivity contribution in [1.82, 2.24) is 10.6 Å². The zero-order chi connectivity index (χ0) is 13.2. The predicted molar refractivity (Wildman–Crippen MR) is 71.0 cm³/mol. The van der Waals surface area contributed by atoms with Crippen molar-refractivity contribution in [2.45, 2.75) is 19.8 Å². The van der Waals surface area contributed by atoms with Gasteiger partial charge in [0.1, 0.15) is 0 Å². The minimum atomic E-state index is -0.0602. The fourth-order valence-electron chi connectivity index (χ4n) is 1.64. The van der Waals surface area contributed by atoms with Gasteiger partial charge in [0.2, 0.25) is 5.91 Å². The van der Waals surface area contributed by atoms with E-state index in [1.165, 1.54) is 11.1 Å². The van der Waals surface area contributed by atoms with Crippen molar-refractivity contribution in [3.63, 3.8) is 0 Å². The summed E-state index contributed by atoms with van der Waals surface area (Å²) in [4.78, 5) is 11.3. The van der Waals surface area contributed by atoms with Crippen LogP contribution >= 0.6 is 0 Å². The predicted octanol–water partition coefficient (Wildman–Crippen LogP) is 1.16. The van der Waals surface area contributed by atoms with E-state index in [1.807, 2.05) is 18.2 Å². The number of amides is 1. The maximum atomic E-state index is 11.3. The van der Waals surface area contributed by atoms with Crippen LogP contribution in [0.1, 0.15) is 17.5 Å². The fourth-order valence-corrected chi connectivity index (χ4v) is 1.64. The molecule has 0 heterocycles. The molecule has 0 saturated heterocycles. The molecule has 0 aliphatic rings. The largest absolute Gasteiger partial charge is 0.354 e. The summed E-state index contributed by atoms with van der Waals surface area (Å²) >= 11 is 0. The second-order valence-corrected chi connectivity index (χ2v) is 4.11.